The van der Waals surface area contributed by atoms with Crippen LogP contribution in [0.4, 0.5) is 10.5 Å². The van der Waals surface area contributed by atoms with Crippen LogP contribution < -0.4 is 5.32 Å². The second-order valence-electron chi connectivity index (χ2n) is 7.80. The number of amides is 2. The van der Waals surface area contributed by atoms with Gasteiger partial charge < -0.3 is 19.7 Å². The van der Waals surface area contributed by atoms with Gasteiger partial charge in [-0.25, -0.2) is 9.78 Å². The number of imidazole rings is 1. The van der Waals surface area contributed by atoms with Gasteiger partial charge in [-0.3, -0.25) is 0 Å². The first-order valence-electron chi connectivity index (χ1n) is 10.1. The summed E-state index contributed by atoms with van der Waals surface area (Å²) in [6, 6.07) is 15.0. The monoisotopic (exact) mass is 414 g/mol. The molecule has 0 saturated heterocycles. The third kappa shape index (κ3) is 3.79. The summed E-state index contributed by atoms with van der Waals surface area (Å²) in [4.78, 5) is 27.0. The molecule has 0 fully saturated rings. The molecule has 2 N–H and O–H groups in total. The molecule has 2 aromatic heterocycles. The number of benzene rings is 2. The first kappa shape index (κ1) is 19.0. The number of urea groups is 1. The van der Waals surface area contributed by atoms with Crippen LogP contribution in [0.1, 0.15) is 34.4 Å². The minimum absolute atomic E-state index is 0.232. The van der Waals surface area contributed by atoms with Crippen molar-refractivity contribution in [3.05, 3.63) is 83.3 Å². The first-order valence-corrected chi connectivity index (χ1v) is 10.1. The number of H-pyrrole nitrogens is 1. The van der Waals surface area contributed by atoms with E-state index in [1.165, 1.54) is 0 Å². The van der Waals surface area contributed by atoms with Crippen LogP contribution in [-0.2, 0) is 13.0 Å². The summed E-state index contributed by atoms with van der Waals surface area (Å²) in [6.45, 7) is 4.40. The molecule has 0 aliphatic carbocycles. The van der Waals surface area contributed by atoms with E-state index >= 15 is 0 Å². The Bertz CT molecular complexity index is 1230. The van der Waals surface area contributed by atoms with Gasteiger partial charge in [-0.15, -0.1) is 0 Å². The molecule has 0 spiro atoms. The fourth-order valence-electron chi connectivity index (χ4n) is 3.77. The Labute approximate surface area is 179 Å². The van der Waals surface area contributed by atoms with Crippen LogP contribution in [0.3, 0.4) is 0 Å². The zero-order valence-corrected chi connectivity index (χ0v) is 17.3. The van der Waals surface area contributed by atoms with Gasteiger partial charge in [0.2, 0.25) is 11.7 Å². The number of anilines is 1. The number of fused-ring (bicyclic) bond motifs is 1. The summed E-state index contributed by atoms with van der Waals surface area (Å²) in [6.07, 6.45) is 2.14. The highest BCUT2D eigenvalue weighted by Gasteiger charge is 2.36. The maximum Gasteiger partial charge on any atom is 0.322 e. The van der Waals surface area contributed by atoms with E-state index in [2.05, 4.69) is 25.4 Å². The van der Waals surface area contributed by atoms with Crippen molar-refractivity contribution in [2.24, 2.45) is 0 Å². The average Bonchev–Trinajstić information content (AvgIpc) is 3.43. The van der Waals surface area contributed by atoms with E-state index < -0.39 is 6.04 Å². The number of hydrogen-bond acceptors (Lipinski definition) is 5. The third-order valence-electron chi connectivity index (χ3n) is 5.47. The lowest BCUT2D eigenvalue weighted by atomic mass is 10.0. The smallest absolute Gasteiger partial charge is 0.322 e. The largest absolute Gasteiger partial charge is 0.347 e. The van der Waals surface area contributed by atoms with Crippen molar-refractivity contribution in [3.8, 4) is 11.4 Å². The topological polar surface area (TPSA) is 99.9 Å². The van der Waals surface area contributed by atoms with E-state index in [-0.39, 0.29) is 6.03 Å². The number of nitrogens with one attached hydrogen (secondary N) is 2. The van der Waals surface area contributed by atoms with Gasteiger partial charge in [0.1, 0.15) is 6.04 Å². The average molecular weight is 414 g/mol. The van der Waals surface area contributed by atoms with E-state index in [1.54, 1.807) is 11.2 Å². The molecule has 156 valence electrons. The molecule has 1 atom stereocenters. The maximum atomic E-state index is 13.2. The molecular weight excluding hydrogens is 392 g/mol. The Balaban J connectivity index is 1.45. The van der Waals surface area contributed by atoms with Gasteiger partial charge >= 0.3 is 6.03 Å². The summed E-state index contributed by atoms with van der Waals surface area (Å²) in [5.41, 5.74) is 5.67. The Kier molecular flexibility index (Phi) is 4.74. The van der Waals surface area contributed by atoms with Crippen molar-refractivity contribution in [2.45, 2.75) is 32.9 Å². The Hall–Kier alpha value is -3.94. The third-order valence-corrected chi connectivity index (χ3v) is 5.47. The van der Waals surface area contributed by atoms with Crippen LogP contribution in [0.5, 0.6) is 0 Å². The van der Waals surface area contributed by atoms with Gasteiger partial charge in [0, 0.05) is 17.7 Å². The fourth-order valence-corrected chi connectivity index (χ4v) is 3.77. The number of aryl methyl sites for hydroxylation is 2. The van der Waals surface area contributed by atoms with Crippen molar-refractivity contribution >= 4 is 11.7 Å². The number of carbonyl (C=O) groups is 1. The lowest BCUT2D eigenvalue weighted by Gasteiger charge is -2.32. The minimum Gasteiger partial charge on any atom is -0.347 e. The summed E-state index contributed by atoms with van der Waals surface area (Å²) >= 11 is 0. The van der Waals surface area contributed by atoms with Crippen molar-refractivity contribution in [3.63, 3.8) is 0 Å². The number of nitrogens with zero attached hydrogens (tertiary/aromatic N) is 4. The molecule has 8 heteroatoms. The summed E-state index contributed by atoms with van der Waals surface area (Å²) in [5.74, 6) is 0.898. The standard InChI is InChI=1S/C23H22N6O2/c1-14-6-8-17(9-7-14)26-23(30)29-12-19-18(24-13-25-19)11-20(29)22-27-21(28-31-22)16-5-3-4-15(2)10-16/h3-10,13,20H,11-12H2,1-2H3,(H,24,25)(H,26,30). The van der Waals surface area contributed by atoms with E-state index in [0.29, 0.717) is 24.7 Å². The fraction of sp³-hybridized carbons (Fsp3) is 0.217. The second-order valence-corrected chi connectivity index (χ2v) is 7.80. The van der Waals surface area contributed by atoms with E-state index in [4.69, 9.17) is 4.52 Å². The van der Waals surface area contributed by atoms with E-state index in [9.17, 15) is 4.79 Å². The van der Waals surface area contributed by atoms with Gasteiger partial charge in [-0.05, 0) is 32.0 Å². The first-order chi connectivity index (χ1) is 15.1. The zero-order chi connectivity index (χ0) is 21.4. The number of aromatic amines is 1. The highest BCUT2D eigenvalue weighted by molar-refractivity contribution is 5.89. The molecule has 0 bridgehead atoms. The van der Waals surface area contributed by atoms with E-state index in [0.717, 1.165) is 33.8 Å². The number of rotatable bonds is 3. The van der Waals surface area contributed by atoms with E-state index in [1.807, 2.05) is 62.4 Å². The van der Waals surface area contributed by atoms with Crippen LogP contribution in [0.25, 0.3) is 11.4 Å². The van der Waals surface area contributed by atoms with Crippen LogP contribution >= 0.6 is 0 Å². The number of hydrogen-bond donors (Lipinski definition) is 2. The second kappa shape index (κ2) is 7.71. The summed E-state index contributed by atoms with van der Waals surface area (Å²) in [5, 5.41) is 7.13. The molecule has 2 aromatic carbocycles. The molecule has 0 saturated carbocycles. The quantitative estimate of drug-likeness (QED) is 0.517. The lowest BCUT2D eigenvalue weighted by Crippen LogP contribution is -2.41. The van der Waals surface area contributed by atoms with Gasteiger partial charge in [-0.1, -0.05) is 46.6 Å². The van der Waals surface area contributed by atoms with Gasteiger partial charge in [0.25, 0.3) is 0 Å². The van der Waals surface area contributed by atoms with Gasteiger partial charge in [0.15, 0.2) is 0 Å². The van der Waals surface area contributed by atoms with Gasteiger partial charge in [0.05, 0.1) is 24.3 Å². The number of aromatic nitrogens is 4. The Morgan fingerprint density at radius 2 is 2.00 bits per heavy atom. The SMILES string of the molecule is Cc1ccc(NC(=O)N2Cc3[nH]cnc3CC2c2nc(-c3cccc(C)c3)no2)cc1. The summed E-state index contributed by atoms with van der Waals surface area (Å²) in [7, 11) is 0. The highest BCUT2D eigenvalue weighted by Crippen LogP contribution is 2.32. The maximum absolute atomic E-state index is 13.2. The van der Waals surface area contributed by atoms with Crippen molar-refractivity contribution in [1.82, 2.24) is 25.0 Å². The number of carbonyl (C=O) groups excluding carboxylic acids is 1. The van der Waals surface area contributed by atoms with Gasteiger partial charge in [-0.2, -0.15) is 4.98 Å². The lowest BCUT2D eigenvalue weighted by molar-refractivity contribution is 0.155. The molecule has 0 radical (unpaired) electrons. The van der Waals surface area contributed by atoms with Crippen molar-refractivity contribution in [1.29, 1.82) is 0 Å². The van der Waals surface area contributed by atoms with Crippen molar-refractivity contribution < 1.29 is 9.32 Å². The van der Waals surface area contributed by atoms with Crippen LogP contribution in [-0.4, -0.2) is 31.0 Å². The highest BCUT2D eigenvalue weighted by atomic mass is 16.5. The molecule has 31 heavy (non-hydrogen) atoms. The molecule has 4 aromatic rings. The van der Waals surface area contributed by atoms with Crippen LogP contribution in [0.2, 0.25) is 0 Å². The molecule has 1 unspecified atom stereocenters. The molecule has 5 rings (SSSR count). The predicted octanol–water partition coefficient (Wildman–Crippen LogP) is 4.41. The molecule has 2 amide bonds. The van der Waals surface area contributed by atoms with Crippen LogP contribution in [0, 0.1) is 13.8 Å². The summed E-state index contributed by atoms with van der Waals surface area (Å²) < 4.78 is 5.62. The van der Waals surface area contributed by atoms with Crippen LogP contribution in [0.15, 0.2) is 59.4 Å². The zero-order valence-electron chi connectivity index (χ0n) is 17.3. The molecule has 1 aliphatic rings. The molecule has 8 nitrogen and oxygen atoms in total. The molecule has 1 aliphatic heterocycles. The Morgan fingerprint density at radius 1 is 1.16 bits per heavy atom. The minimum atomic E-state index is -0.410. The molecule has 3 heterocycles. The predicted molar refractivity (Wildman–Crippen MR) is 115 cm³/mol. The normalized spacial score (nSPS) is 15.5. The van der Waals surface area contributed by atoms with Crippen molar-refractivity contribution in [2.75, 3.05) is 5.32 Å². The molecular formula is C23H22N6O2. The Morgan fingerprint density at radius 3 is 2.81 bits per heavy atom.